The van der Waals surface area contributed by atoms with E-state index < -0.39 is 5.97 Å². The van der Waals surface area contributed by atoms with Crippen LogP contribution < -0.4 is 0 Å². The molecule has 4 rings (SSSR count). The number of benzene rings is 4. The predicted molar refractivity (Wildman–Crippen MR) is 107 cm³/mol. The first-order chi connectivity index (χ1) is 13.1. The average Bonchev–Trinajstić information content (AvgIpc) is 2.71. The molecule has 0 aliphatic carbocycles. The van der Waals surface area contributed by atoms with E-state index in [1.807, 2.05) is 42.5 Å². The lowest BCUT2D eigenvalue weighted by Gasteiger charge is -2.05. The van der Waals surface area contributed by atoms with E-state index >= 15 is 0 Å². The smallest absolute Gasteiger partial charge is 0.337 e. The van der Waals surface area contributed by atoms with E-state index in [0.717, 1.165) is 21.5 Å². The van der Waals surface area contributed by atoms with E-state index in [2.05, 4.69) is 11.1 Å². The van der Waals surface area contributed by atoms with Gasteiger partial charge in [0.25, 0.3) is 0 Å². The first-order valence-electron chi connectivity index (χ1n) is 8.46. The van der Waals surface area contributed by atoms with Crippen molar-refractivity contribution in [2.75, 3.05) is 0 Å². The Morgan fingerprint density at radius 1 is 0.778 bits per heavy atom. The van der Waals surface area contributed by atoms with Crippen LogP contribution in [0.1, 0.15) is 20.7 Å². The second kappa shape index (κ2) is 6.84. The molecule has 0 saturated carbocycles. The van der Waals surface area contributed by atoms with Crippen LogP contribution in [0.5, 0.6) is 0 Å². The minimum atomic E-state index is -1.08. The molecule has 0 unspecified atom stereocenters. The summed E-state index contributed by atoms with van der Waals surface area (Å²) in [5.74, 6) is -1.35. The van der Waals surface area contributed by atoms with Gasteiger partial charge in [0.15, 0.2) is 0 Å². The summed E-state index contributed by atoms with van der Waals surface area (Å²) in [6, 6.07) is 24.0. The first-order valence-corrected chi connectivity index (χ1v) is 8.46. The van der Waals surface area contributed by atoms with Crippen LogP contribution in [0.3, 0.4) is 0 Å². The lowest BCUT2D eigenvalue weighted by Crippen LogP contribution is -2.01. The van der Waals surface area contributed by atoms with Gasteiger partial charge < -0.3 is 5.11 Å². The van der Waals surface area contributed by atoms with E-state index in [0.29, 0.717) is 5.56 Å². The van der Waals surface area contributed by atoms with Gasteiger partial charge in [-0.25, -0.2) is 4.79 Å². The van der Waals surface area contributed by atoms with Crippen molar-refractivity contribution in [1.29, 1.82) is 0 Å². The molecule has 4 heteroatoms. The van der Waals surface area contributed by atoms with Crippen molar-refractivity contribution in [1.82, 2.24) is 0 Å². The first kappa shape index (κ1) is 16.7. The number of carboxylic acids is 1. The Hall–Kier alpha value is -3.79. The molecule has 0 spiro atoms. The standard InChI is InChI=1S/C23H15NO3/c25-22(14-24-21-8-4-3-7-19(21)23(26)27)17-12-11-16-10-9-15-5-1-2-6-18(15)20(16)13-17/h1-14H,(H,26,27). The van der Waals surface area contributed by atoms with Gasteiger partial charge in [-0.3, -0.25) is 9.79 Å². The molecule has 4 aromatic rings. The van der Waals surface area contributed by atoms with Crippen LogP contribution in [0, 0.1) is 0 Å². The number of Topliss-reactive ketones (excluding diaryl/α,β-unsaturated/α-hetero) is 1. The van der Waals surface area contributed by atoms with Crippen molar-refractivity contribution in [2.45, 2.75) is 0 Å². The van der Waals surface area contributed by atoms with E-state index in [1.165, 1.54) is 12.3 Å². The lowest BCUT2D eigenvalue weighted by molar-refractivity contribution is 0.0697. The molecule has 0 aliphatic heterocycles. The summed E-state index contributed by atoms with van der Waals surface area (Å²) >= 11 is 0. The van der Waals surface area contributed by atoms with Gasteiger partial charge in [-0.15, -0.1) is 0 Å². The van der Waals surface area contributed by atoms with Crippen molar-refractivity contribution in [3.05, 3.63) is 90.0 Å². The molecule has 27 heavy (non-hydrogen) atoms. The topological polar surface area (TPSA) is 66.7 Å². The minimum absolute atomic E-state index is 0.0612. The quantitative estimate of drug-likeness (QED) is 0.308. The number of nitrogens with zero attached hydrogens (tertiary/aromatic N) is 1. The van der Waals surface area contributed by atoms with Crippen LogP contribution in [0.25, 0.3) is 21.5 Å². The van der Waals surface area contributed by atoms with Crippen LogP contribution in [-0.2, 0) is 0 Å². The second-order valence-electron chi connectivity index (χ2n) is 6.17. The second-order valence-corrected chi connectivity index (χ2v) is 6.17. The molecule has 0 saturated heterocycles. The monoisotopic (exact) mass is 353 g/mol. The SMILES string of the molecule is O=C(C=Nc1ccccc1C(=O)O)c1ccc2ccc3ccccc3c2c1. The average molecular weight is 353 g/mol. The molecule has 1 N–H and O–H groups in total. The number of aliphatic imine (C=N–C) groups is 1. The highest BCUT2D eigenvalue weighted by Gasteiger charge is 2.09. The predicted octanol–water partition coefficient (Wildman–Crippen LogP) is 5.28. The molecule has 0 amide bonds. The van der Waals surface area contributed by atoms with Crippen molar-refractivity contribution >= 4 is 45.2 Å². The Morgan fingerprint density at radius 3 is 2.26 bits per heavy atom. The maximum atomic E-state index is 12.6. The molecule has 0 aromatic heterocycles. The summed E-state index contributed by atoms with van der Waals surface area (Å²) in [6.45, 7) is 0. The number of hydrogen-bond acceptors (Lipinski definition) is 3. The summed E-state index contributed by atoms with van der Waals surface area (Å²) < 4.78 is 0. The normalized spacial score (nSPS) is 11.3. The molecule has 0 heterocycles. The van der Waals surface area contributed by atoms with Crippen molar-refractivity contribution < 1.29 is 14.7 Å². The number of carbonyl (C=O) groups is 2. The highest BCUT2D eigenvalue weighted by atomic mass is 16.4. The minimum Gasteiger partial charge on any atom is -0.478 e. The van der Waals surface area contributed by atoms with Crippen molar-refractivity contribution in [2.24, 2.45) is 4.99 Å². The number of aromatic carboxylic acids is 1. The number of carbonyl (C=O) groups excluding carboxylic acids is 1. The highest BCUT2D eigenvalue weighted by molar-refractivity contribution is 6.36. The third kappa shape index (κ3) is 3.20. The fourth-order valence-corrected chi connectivity index (χ4v) is 3.13. The number of para-hydroxylation sites is 1. The van der Waals surface area contributed by atoms with Gasteiger partial charge >= 0.3 is 5.97 Å². The molecule has 0 bridgehead atoms. The van der Waals surface area contributed by atoms with Gasteiger partial charge in [0.2, 0.25) is 5.78 Å². The number of hydrogen-bond donors (Lipinski definition) is 1. The Labute approximate surface area is 155 Å². The van der Waals surface area contributed by atoms with Crippen LogP contribution in [0.4, 0.5) is 5.69 Å². The Bertz CT molecular complexity index is 1220. The lowest BCUT2D eigenvalue weighted by atomic mass is 9.99. The van der Waals surface area contributed by atoms with Gasteiger partial charge in [0.05, 0.1) is 17.5 Å². The third-order valence-corrected chi connectivity index (χ3v) is 4.49. The molecule has 4 nitrogen and oxygen atoms in total. The summed E-state index contributed by atoms with van der Waals surface area (Å²) in [7, 11) is 0. The van der Waals surface area contributed by atoms with E-state index in [9.17, 15) is 14.7 Å². The number of rotatable bonds is 4. The zero-order valence-electron chi connectivity index (χ0n) is 14.3. The number of ketones is 1. The van der Waals surface area contributed by atoms with Gasteiger partial charge in [0.1, 0.15) is 0 Å². The Kier molecular flexibility index (Phi) is 4.22. The van der Waals surface area contributed by atoms with Gasteiger partial charge in [0, 0.05) is 5.56 Å². The van der Waals surface area contributed by atoms with Gasteiger partial charge in [-0.05, 0) is 39.7 Å². The summed E-state index contributed by atoms with van der Waals surface area (Å²) in [5.41, 5.74) is 0.825. The molecule has 4 aromatic carbocycles. The number of fused-ring (bicyclic) bond motifs is 3. The molecule has 0 radical (unpaired) electrons. The fourth-order valence-electron chi connectivity index (χ4n) is 3.13. The maximum absolute atomic E-state index is 12.6. The Balaban J connectivity index is 1.73. The molecule has 0 fully saturated rings. The summed E-state index contributed by atoms with van der Waals surface area (Å²) in [5, 5.41) is 13.5. The van der Waals surface area contributed by atoms with E-state index in [4.69, 9.17) is 0 Å². The van der Waals surface area contributed by atoms with E-state index in [1.54, 1.807) is 24.3 Å². The number of carboxylic acid groups (broad SMARTS) is 1. The maximum Gasteiger partial charge on any atom is 0.337 e. The Morgan fingerprint density at radius 2 is 1.44 bits per heavy atom. The largest absolute Gasteiger partial charge is 0.478 e. The van der Waals surface area contributed by atoms with E-state index in [-0.39, 0.29) is 17.0 Å². The van der Waals surface area contributed by atoms with Gasteiger partial charge in [-0.1, -0.05) is 60.7 Å². The summed E-state index contributed by atoms with van der Waals surface area (Å²) in [4.78, 5) is 27.9. The van der Waals surface area contributed by atoms with Crippen molar-refractivity contribution in [3.63, 3.8) is 0 Å². The van der Waals surface area contributed by atoms with Gasteiger partial charge in [-0.2, -0.15) is 0 Å². The van der Waals surface area contributed by atoms with Crippen LogP contribution in [-0.4, -0.2) is 23.1 Å². The molecular weight excluding hydrogens is 338 g/mol. The highest BCUT2D eigenvalue weighted by Crippen LogP contribution is 2.26. The van der Waals surface area contributed by atoms with Crippen molar-refractivity contribution in [3.8, 4) is 0 Å². The van der Waals surface area contributed by atoms with Crippen LogP contribution in [0.15, 0.2) is 83.9 Å². The third-order valence-electron chi connectivity index (χ3n) is 4.49. The van der Waals surface area contributed by atoms with Crippen LogP contribution >= 0.6 is 0 Å². The van der Waals surface area contributed by atoms with Crippen LogP contribution in [0.2, 0.25) is 0 Å². The summed E-state index contributed by atoms with van der Waals surface area (Å²) in [6.07, 6.45) is 1.17. The zero-order chi connectivity index (χ0) is 18.8. The molecule has 0 aliphatic rings. The molecule has 0 atom stereocenters. The zero-order valence-corrected chi connectivity index (χ0v) is 14.3. The molecular formula is C23H15NO3. The molecule has 130 valence electrons. The fraction of sp³-hybridized carbons (Fsp3) is 0.